The van der Waals surface area contributed by atoms with Crippen LogP contribution in [0, 0.1) is 5.92 Å². The van der Waals surface area contributed by atoms with Crippen LogP contribution in [0.1, 0.15) is 53.9 Å². The molecule has 0 spiro atoms. The van der Waals surface area contributed by atoms with Crippen molar-refractivity contribution in [2.45, 2.75) is 56.3 Å². The van der Waals surface area contributed by atoms with Crippen LogP contribution in [-0.2, 0) is 14.3 Å². The van der Waals surface area contributed by atoms with Crippen molar-refractivity contribution in [3.63, 3.8) is 0 Å². The summed E-state index contributed by atoms with van der Waals surface area (Å²) in [6.07, 6.45) is 5.62. The van der Waals surface area contributed by atoms with Gasteiger partial charge >= 0.3 is 0 Å². The zero-order valence-electron chi connectivity index (χ0n) is 21.4. The molecule has 202 valence electrons. The largest absolute Gasteiger partial charge is 0.493 e. The van der Waals surface area contributed by atoms with E-state index >= 15 is 0 Å². The van der Waals surface area contributed by atoms with Crippen molar-refractivity contribution >= 4 is 18.1 Å². The van der Waals surface area contributed by atoms with Gasteiger partial charge in [-0.2, -0.15) is 0 Å². The Balaban J connectivity index is 1.77. The van der Waals surface area contributed by atoms with Crippen LogP contribution in [0.3, 0.4) is 0 Å². The zero-order chi connectivity index (χ0) is 26.5. The minimum atomic E-state index is -1.15. The number of aliphatic hydroxyl groups excluding tert-OH is 2. The standard InChI is InChI=1S/C27H36N2O8/c1-35-15-22(32)29(13-16-6-4-3-5-7-16)20-12-19(27(34)28-8-9-30)23-18-10-17(14-31)11-21(36-2)25(18)37-26(23)24(20)33/h10-12,14,16,20,23-24,26,30,33H,3-9,13,15H2,1-2H3,(H,28,34). The van der Waals surface area contributed by atoms with Crippen LogP contribution in [0.25, 0.3) is 0 Å². The third kappa shape index (κ3) is 5.51. The molecule has 0 radical (unpaired) electrons. The lowest BCUT2D eigenvalue weighted by Crippen LogP contribution is -2.57. The highest BCUT2D eigenvalue weighted by molar-refractivity contribution is 5.96. The molecule has 1 aliphatic heterocycles. The summed E-state index contributed by atoms with van der Waals surface area (Å²) in [5.41, 5.74) is 1.20. The zero-order valence-corrected chi connectivity index (χ0v) is 21.4. The maximum atomic E-state index is 13.3. The Bertz CT molecular complexity index is 1040. The molecule has 1 saturated carbocycles. The molecule has 4 atom stereocenters. The van der Waals surface area contributed by atoms with E-state index in [-0.39, 0.29) is 31.6 Å². The van der Waals surface area contributed by atoms with Gasteiger partial charge in [0.25, 0.3) is 0 Å². The first-order chi connectivity index (χ1) is 17.9. The number of fused-ring (bicyclic) bond motifs is 3. The van der Waals surface area contributed by atoms with Gasteiger partial charge in [0.1, 0.15) is 25.1 Å². The first-order valence-corrected chi connectivity index (χ1v) is 12.8. The first kappa shape index (κ1) is 27.1. The molecule has 0 aromatic heterocycles. The van der Waals surface area contributed by atoms with E-state index in [2.05, 4.69) is 5.32 Å². The predicted molar refractivity (Wildman–Crippen MR) is 134 cm³/mol. The fraction of sp³-hybridized carbons (Fsp3) is 0.593. The molecule has 0 bridgehead atoms. The van der Waals surface area contributed by atoms with E-state index < -0.39 is 30.1 Å². The Morgan fingerprint density at radius 2 is 1.97 bits per heavy atom. The summed E-state index contributed by atoms with van der Waals surface area (Å²) in [5, 5.41) is 23.6. The number of ether oxygens (including phenoxy) is 3. The first-order valence-electron chi connectivity index (χ1n) is 12.8. The van der Waals surface area contributed by atoms with Crippen molar-refractivity contribution in [1.29, 1.82) is 0 Å². The molecule has 2 aliphatic carbocycles. The monoisotopic (exact) mass is 516 g/mol. The Labute approximate surface area is 216 Å². The highest BCUT2D eigenvalue weighted by atomic mass is 16.5. The van der Waals surface area contributed by atoms with Crippen LogP contribution >= 0.6 is 0 Å². The third-order valence-corrected chi connectivity index (χ3v) is 7.54. The fourth-order valence-electron chi connectivity index (χ4n) is 5.80. The molecule has 10 nitrogen and oxygen atoms in total. The van der Waals surface area contributed by atoms with Crippen molar-refractivity contribution in [3.05, 3.63) is 34.9 Å². The van der Waals surface area contributed by atoms with E-state index in [1.807, 2.05) is 0 Å². The fourth-order valence-corrected chi connectivity index (χ4v) is 5.80. The smallest absolute Gasteiger partial charge is 0.249 e. The number of carbonyl (C=O) groups excluding carboxylic acids is 3. The molecular formula is C27H36N2O8. The molecule has 3 N–H and O–H groups in total. The van der Waals surface area contributed by atoms with E-state index in [1.54, 1.807) is 23.1 Å². The summed E-state index contributed by atoms with van der Waals surface area (Å²) in [6, 6.07) is 2.34. The van der Waals surface area contributed by atoms with Crippen LogP contribution < -0.4 is 14.8 Å². The normalized spacial score (nSPS) is 24.8. The van der Waals surface area contributed by atoms with Crippen molar-refractivity contribution < 1.29 is 38.8 Å². The van der Waals surface area contributed by atoms with E-state index in [1.165, 1.54) is 20.6 Å². The number of amides is 2. The summed E-state index contributed by atoms with van der Waals surface area (Å²) >= 11 is 0. The number of hydrogen-bond acceptors (Lipinski definition) is 8. The van der Waals surface area contributed by atoms with Crippen LogP contribution in [0.5, 0.6) is 11.5 Å². The number of benzene rings is 1. The predicted octanol–water partition coefficient (Wildman–Crippen LogP) is 1.19. The van der Waals surface area contributed by atoms with Crippen molar-refractivity contribution in [2.24, 2.45) is 5.92 Å². The summed E-state index contributed by atoms with van der Waals surface area (Å²) in [6.45, 7) is 0.0898. The van der Waals surface area contributed by atoms with E-state index in [0.29, 0.717) is 41.0 Å². The van der Waals surface area contributed by atoms with E-state index in [9.17, 15) is 24.6 Å². The van der Waals surface area contributed by atoms with Crippen molar-refractivity contribution in [1.82, 2.24) is 10.2 Å². The Hall–Kier alpha value is -2.95. The third-order valence-electron chi connectivity index (χ3n) is 7.54. The lowest BCUT2D eigenvalue weighted by Gasteiger charge is -2.42. The number of nitrogens with one attached hydrogen (secondary N) is 1. The molecule has 10 heteroatoms. The minimum absolute atomic E-state index is 0.0422. The molecular weight excluding hydrogens is 480 g/mol. The number of carbonyl (C=O) groups is 3. The molecule has 1 aromatic rings. The van der Waals surface area contributed by atoms with Crippen LogP contribution in [-0.4, -0.2) is 92.0 Å². The summed E-state index contributed by atoms with van der Waals surface area (Å²) in [7, 11) is 2.90. The van der Waals surface area contributed by atoms with Crippen LogP contribution in [0.15, 0.2) is 23.8 Å². The van der Waals surface area contributed by atoms with Crippen molar-refractivity contribution in [3.8, 4) is 11.5 Å². The second-order valence-corrected chi connectivity index (χ2v) is 9.89. The van der Waals surface area contributed by atoms with Gasteiger partial charge in [-0.1, -0.05) is 19.3 Å². The number of nitrogens with zero attached hydrogens (tertiary/aromatic N) is 1. The number of aliphatic hydroxyl groups is 2. The lowest BCUT2D eigenvalue weighted by atomic mass is 9.77. The van der Waals surface area contributed by atoms with Crippen LogP contribution in [0.2, 0.25) is 0 Å². The topological polar surface area (TPSA) is 135 Å². The maximum Gasteiger partial charge on any atom is 0.249 e. The summed E-state index contributed by atoms with van der Waals surface area (Å²) in [5.74, 6) is -0.449. The average Bonchev–Trinajstić information content (AvgIpc) is 3.31. The van der Waals surface area contributed by atoms with Gasteiger partial charge in [-0.05, 0) is 37.0 Å². The lowest BCUT2D eigenvalue weighted by molar-refractivity contribution is -0.142. The van der Waals surface area contributed by atoms with Gasteiger partial charge in [-0.25, -0.2) is 0 Å². The van der Waals surface area contributed by atoms with E-state index in [4.69, 9.17) is 14.2 Å². The number of methoxy groups -OCH3 is 2. The van der Waals surface area contributed by atoms with Gasteiger partial charge in [0.15, 0.2) is 11.5 Å². The Kier molecular flexibility index (Phi) is 8.83. The van der Waals surface area contributed by atoms with Gasteiger partial charge in [0.2, 0.25) is 11.8 Å². The van der Waals surface area contributed by atoms with Gasteiger partial charge in [0, 0.05) is 36.9 Å². The highest BCUT2D eigenvalue weighted by Gasteiger charge is 2.51. The number of hydrogen-bond donors (Lipinski definition) is 3. The summed E-state index contributed by atoms with van der Waals surface area (Å²) < 4.78 is 16.8. The molecule has 0 saturated heterocycles. The molecule has 1 aromatic carbocycles. The molecule has 4 unspecified atom stereocenters. The molecule has 1 fully saturated rings. The van der Waals surface area contributed by atoms with E-state index in [0.717, 1.165) is 25.7 Å². The SMILES string of the molecule is COCC(=O)N(CC1CCCCC1)C1C=C(C(=O)NCCO)C2c3cc(C=O)cc(OC)c3OC2C1O. The molecule has 4 rings (SSSR count). The molecule has 37 heavy (non-hydrogen) atoms. The van der Waals surface area contributed by atoms with Crippen LogP contribution in [0.4, 0.5) is 0 Å². The highest BCUT2D eigenvalue weighted by Crippen LogP contribution is 2.51. The van der Waals surface area contributed by atoms with Gasteiger partial charge in [0.05, 0.1) is 25.7 Å². The molecule has 1 heterocycles. The van der Waals surface area contributed by atoms with Gasteiger partial charge in [-0.3, -0.25) is 14.4 Å². The average molecular weight is 517 g/mol. The van der Waals surface area contributed by atoms with Crippen molar-refractivity contribution in [2.75, 3.05) is 40.5 Å². The maximum absolute atomic E-state index is 13.3. The Morgan fingerprint density at radius 3 is 2.62 bits per heavy atom. The number of rotatable bonds is 10. The molecule has 3 aliphatic rings. The second-order valence-electron chi connectivity index (χ2n) is 9.89. The number of aldehydes is 1. The second kappa shape index (κ2) is 12.1. The quantitative estimate of drug-likeness (QED) is 0.395. The Morgan fingerprint density at radius 1 is 1.22 bits per heavy atom. The summed E-state index contributed by atoms with van der Waals surface area (Å²) in [4.78, 5) is 39.8. The van der Waals surface area contributed by atoms with Gasteiger partial charge < -0.3 is 34.6 Å². The van der Waals surface area contributed by atoms with Gasteiger partial charge in [-0.15, -0.1) is 0 Å². The molecule has 2 amide bonds. The minimum Gasteiger partial charge on any atom is -0.493 e.